The van der Waals surface area contributed by atoms with Crippen molar-refractivity contribution in [3.63, 3.8) is 0 Å². The molecule has 0 aliphatic carbocycles. The van der Waals surface area contributed by atoms with Crippen molar-refractivity contribution in [1.29, 1.82) is 0 Å². The minimum absolute atomic E-state index is 0.231. The normalized spacial score (nSPS) is 12.8. The highest BCUT2D eigenvalue weighted by Crippen LogP contribution is 2.09. The maximum atomic E-state index is 11.8. The highest BCUT2D eigenvalue weighted by atomic mass is 16.6. The SMILES string of the molecule is C[C@H](C(=O)[O-])N(Cc1ccccc1)NC(=O)OC(C)(C)C. The van der Waals surface area contributed by atoms with Gasteiger partial charge in [-0.15, -0.1) is 0 Å². The lowest BCUT2D eigenvalue weighted by Crippen LogP contribution is -2.54. The second kappa shape index (κ2) is 7.08. The van der Waals surface area contributed by atoms with Gasteiger partial charge in [-0.1, -0.05) is 30.3 Å². The molecule has 0 aliphatic rings. The molecular formula is C15H21N2O4-. The molecule has 6 nitrogen and oxygen atoms in total. The molecule has 0 heterocycles. The Labute approximate surface area is 124 Å². The molecule has 116 valence electrons. The molecule has 21 heavy (non-hydrogen) atoms. The lowest BCUT2D eigenvalue weighted by atomic mass is 10.2. The molecule has 0 radical (unpaired) electrons. The van der Waals surface area contributed by atoms with E-state index in [4.69, 9.17) is 4.74 Å². The average molecular weight is 293 g/mol. The molecule has 6 heteroatoms. The fourth-order valence-corrected chi connectivity index (χ4v) is 1.60. The van der Waals surface area contributed by atoms with E-state index < -0.39 is 23.7 Å². The van der Waals surface area contributed by atoms with Gasteiger partial charge in [0, 0.05) is 6.54 Å². The number of carboxylic acids is 1. The van der Waals surface area contributed by atoms with Crippen molar-refractivity contribution in [2.75, 3.05) is 0 Å². The van der Waals surface area contributed by atoms with Gasteiger partial charge in [0.1, 0.15) is 5.60 Å². The summed E-state index contributed by atoms with van der Waals surface area (Å²) in [7, 11) is 0. The highest BCUT2D eigenvalue weighted by Gasteiger charge is 2.22. The smallest absolute Gasteiger partial charge is 0.422 e. The summed E-state index contributed by atoms with van der Waals surface area (Å²) in [4.78, 5) is 22.9. The summed E-state index contributed by atoms with van der Waals surface area (Å²) in [5.74, 6) is -1.28. The second-order valence-corrected chi connectivity index (χ2v) is 5.72. The molecule has 0 aliphatic heterocycles. The zero-order chi connectivity index (χ0) is 16.0. The number of amides is 1. The van der Waals surface area contributed by atoms with E-state index in [-0.39, 0.29) is 6.54 Å². The van der Waals surface area contributed by atoms with Crippen molar-refractivity contribution >= 4 is 12.1 Å². The lowest BCUT2D eigenvalue weighted by Gasteiger charge is -2.31. The van der Waals surface area contributed by atoms with Gasteiger partial charge in [0.2, 0.25) is 0 Å². The Morgan fingerprint density at radius 3 is 2.33 bits per heavy atom. The Kier molecular flexibility index (Phi) is 5.72. The van der Waals surface area contributed by atoms with Gasteiger partial charge < -0.3 is 14.6 Å². The van der Waals surface area contributed by atoms with Gasteiger partial charge in [0.05, 0.1) is 12.0 Å². The quantitative estimate of drug-likeness (QED) is 0.821. The number of hydrogen-bond donors (Lipinski definition) is 1. The van der Waals surface area contributed by atoms with E-state index in [1.54, 1.807) is 20.8 Å². The number of carbonyl (C=O) groups is 2. The molecule has 1 N–H and O–H groups in total. The molecule has 1 rings (SSSR count). The fraction of sp³-hybridized carbons (Fsp3) is 0.467. The summed E-state index contributed by atoms with van der Waals surface area (Å²) in [6.07, 6.45) is -0.702. The number of carbonyl (C=O) groups excluding carboxylic acids is 2. The third-order valence-electron chi connectivity index (χ3n) is 2.64. The number of hydrazine groups is 1. The summed E-state index contributed by atoms with van der Waals surface area (Å²) in [5, 5.41) is 12.3. The van der Waals surface area contributed by atoms with Crippen LogP contribution < -0.4 is 10.5 Å². The number of carboxylic acid groups (broad SMARTS) is 1. The van der Waals surface area contributed by atoms with Crippen LogP contribution in [0.4, 0.5) is 4.79 Å². The van der Waals surface area contributed by atoms with E-state index in [0.29, 0.717) is 0 Å². The number of ether oxygens (including phenoxy) is 1. The first-order chi connectivity index (χ1) is 9.69. The van der Waals surface area contributed by atoms with Gasteiger partial charge in [-0.25, -0.2) is 9.80 Å². The van der Waals surface area contributed by atoms with Crippen LogP contribution in [0.2, 0.25) is 0 Å². The molecule has 1 aromatic rings. The molecule has 0 spiro atoms. The van der Waals surface area contributed by atoms with E-state index in [1.165, 1.54) is 11.9 Å². The van der Waals surface area contributed by atoms with Crippen LogP contribution in [0.5, 0.6) is 0 Å². The minimum atomic E-state index is -1.28. The molecular weight excluding hydrogens is 272 g/mol. The Bertz CT molecular complexity index is 482. The number of aliphatic carboxylic acids is 1. The number of rotatable bonds is 5. The summed E-state index contributed by atoms with van der Waals surface area (Å²) in [6, 6.07) is 8.22. The molecule has 0 saturated carbocycles. The van der Waals surface area contributed by atoms with E-state index in [9.17, 15) is 14.7 Å². The van der Waals surface area contributed by atoms with E-state index in [2.05, 4.69) is 5.43 Å². The first kappa shape index (κ1) is 17.0. The van der Waals surface area contributed by atoms with Crippen molar-refractivity contribution in [1.82, 2.24) is 10.4 Å². The van der Waals surface area contributed by atoms with Crippen molar-refractivity contribution < 1.29 is 19.4 Å². The van der Waals surface area contributed by atoms with Crippen molar-refractivity contribution in [3.05, 3.63) is 35.9 Å². The van der Waals surface area contributed by atoms with E-state index in [0.717, 1.165) is 5.56 Å². The van der Waals surface area contributed by atoms with Gasteiger partial charge in [0.25, 0.3) is 0 Å². The molecule has 0 saturated heterocycles. The maximum absolute atomic E-state index is 11.8. The Morgan fingerprint density at radius 1 is 1.29 bits per heavy atom. The van der Waals surface area contributed by atoms with Crippen LogP contribution in [0.15, 0.2) is 30.3 Å². The Balaban J connectivity index is 2.78. The third kappa shape index (κ3) is 6.27. The number of benzene rings is 1. The first-order valence-corrected chi connectivity index (χ1v) is 6.70. The van der Waals surface area contributed by atoms with Crippen LogP contribution in [0, 0.1) is 0 Å². The molecule has 0 bridgehead atoms. The summed E-state index contributed by atoms with van der Waals surface area (Å²) in [5.41, 5.74) is 2.66. The largest absolute Gasteiger partial charge is 0.548 e. The number of hydrogen-bond acceptors (Lipinski definition) is 5. The van der Waals surface area contributed by atoms with Crippen LogP contribution in [0.1, 0.15) is 33.3 Å². The lowest BCUT2D eigenvalue weighted by molar-refractivity contribution is -0.312. The Hall–Kier alpha value is -2.08. The van der Waals surface area contributed by atoms with Gasteiger partial charge in [0.15, 0.2) is 0 Å². The van der Waals surface area contributed by atoms with Crippen molar-refractivity contribution in [3.8, 4) is 0 Å². The van der Waals surface area contributed by atoms with Gasteiger partial charge in [-0.3, -0.25) is 5.43 Å². The highest BCUT2D eigenvalue weighted by molar-refractivity contribution is 5.72. The second-order valence-electron chi connectivity index (χ2n) is 5.72. The summed E-state index contributed by atoms with van der Waals surface area (Å²) < 4.78 is 5.13. The molecule has 0 aromatic heterocycles. The van der Waals surface area contributed by atoms with Crippen molar-refractivity contribution in [2.45, 2.75) is 45.9 Å². The zero-order valence-corrected chi connectivity index (χ0v) is 12.8. The monoisotopic (exact) mass is 293 g/mol. The zero-order valence-electron chi connectivity index (χ0n) is 12.8. The van der Waals surface area contributed by atoms with Gasteiger partial charge >= 0.3 is 6.09 Å². The molecule has 1 amide bonds. The van der Waals surface area contributed by atoms with E-state index >= 15 is 0 Å². The average Bonchev–Trinajstić information content (AvgIpc) is 2.36. The van der Waals surface area contributed by atoms with Crippen LogP contribution in [-0.2, 0) is 16.1 Å². The van der Waals surface area contributed by atoms with Crippen LogP contribution in [-0.4, -0.2) is 28.7 Å². The predicted molar refractivity (Wildman–Crippen MR) is 75.8 cm³/mol. The molecule has 1 atom stereocenters. The maximum Gasteiger partial charge on any atom is 0.422 e. The van der Waals surface area contributed by atoms with Crippen molar-refractivity contribution in [2.24, 2.45) is 0 Å². The summed E-state index contributed by atoms with van der Waals surface area (Å²) in [6.45, 7) is 6.87. The molecule has 1 aromatic carbocycles. The van der Waals surface area contributed by atoms with Crippen LogP contribution in [0.3, 0.4) is 0 Å². The van der Waals surface area contributed by atoms with Gasteiger partial charge in [-0.05, 0) is 33.3 Å². The number of nitrogens with zero attached hydrogens (tertiary/aromatic N) is 1. The Morgan fingerprint density at radius 2 is 1.86 bits per heavy atom. The van der Waals surface area contributed by atoms with E-state index in [1.807, 2.05) is 30.3 Å². The van der Waals surface area contributed by atoms with Crippen LogP contribution >= 0.6 is 0 Å². The fourth-order valence-electron chi connectivity index (χ4n) is 1.60. The molecule has 0 fully saturated rings. The number of nitrogens with one attached hydrogen (secondary N) is 1. The standard InChI is InChI=1S/C15H22N2O4/c1-11(13(18)19)17(10-12-8-6-5-7-9-12)16-14(20)21-15(2,3)4/h5-9,11H,10H2,1-4H3,(H,16,20)(H,18,19)/p-1/t11-/m1/s1. The first-order valence-electron chi connectivity index (χ1n) is 6.70. The minimum Gasteiger partial charge on any atom is -0.548 e. The molecule has 0 unspecified atom stereocenters. The third-order valence-corrected chi connectivity index (χ3v) is 2.64. The predicted octanol–water partition coefficient (Wildman–Crippen LogP) is 1.07. The summed E-state index contributed by atoms with van der Waals surface area (Å²) >= 11 is 0. The van der Waals surface area contributed by atoms with Crippen LogP contribution in [0.25, 0.3) is 0 Å². The topological polar surface area (TPSA) is 81.7 Å². The van der Waals surface area contributed by atoms with Gasteiger partial charge in [-0.2, -0.15) is 0 Å².